The van der Waals surface area contributed by atoms with E-state index in [1.165, 1.54) is 0 Å². The minimum absolute atomic E-state index is 0.0507. The van der Waals surface area contributed by atoms with Gasteiger partial charge in [0.25, 0.3) is 0 Å². The second-order valence-electron chi connectivity index (χ2n) is 11.0. The molecule has 5 N–H and O–H groups in total. The molecule has 4 heterocycles. The van der Waals surface area contributed by atoms with Gasteiger partial charge in [-0.3, -0.25) is 14.9 Å². The minimum atomic E-state index is -0.394. The number of aliphatic hydroxyl groups excluding tert-OH is 2. The first-order valence-corrected chi connectivity index (χ1v) is 14.9. The van der Waals surface area contributed by atoms with Crippen molar-refractivity contribution in [2.45, 2.75) is 50.2 Å². The molecule has 2 amide bonds. The molecule has 0 bridgehead atoms. The van der Waals surface area contributed by atoms with Crippen LogP contribution in [-0.2, 0) is 13.1 Å². The van der Waals surface area contributed by atoms with Crippen molar-refractivity contribution in [3.8, 4) is 5.75 Å². The van der Waals surface area contributed by atoms with Gasteiger partial charge in [0.1, 0.15) is 5.75 Å². The molecular formula is C34H40N6O4. The second-order valence-corrected chi connectivity index (χ2v) is 11.0. The molecule has 4 aromatic rings. The van der Waals surface area contributed by atoms with Gasteiger partial charge in [-0.15, -0.1) is 0 Å². The lowest BCUT2D eigenvalue weighted by Gasteiger charge is -2.26. The number of carbonyl (C=O) groups is 1. The highest BCUT2D eigenvalue weighted by molar-refractivity contribution is 5.89. The number of pyridine rings is 2. The van der Waals surface area contributed by atoms with E-state index in [1.54, 1.807) is 25.7 Å². The number of aromatic nitrogens is 2. The van der Waals surface area contributed by atoms with Crippen LogP contribution in [-0.4, -0.2) is 63.5 Å². The van der Waals surface area contributed by atoms with Gasteiger partial charge in [0.05, 0.1) is 31.4 Å². The van der Waals surface area contributed by atoms with E-state index in [1.807, 2.05) is 79.0 Å². The van der Waals surface area contributed by atoms with E-state index in [-0.39, 0.29) is 24.2 Å². The molecule has 4 atom stereocenters. The Morgan fingerprint density at radius 1 is 0.909 bits per heavy atom. The van der Waals surface area contributed by atoms with Crippen LogP contribution in [0.3, 0.4) is 0 Å². The number of likely N-dealkylation sites (tertiary alicyclic amines) is 1. The fourth-order valence-electron chi connectivity index (χ4n) is 5.62. The SMILES string of the molecule is COc1ccc(CNC(=O)Nc2ccc(CN3CCC(O)C3c3cccnc3)cc2)cc1.OC1CCNC1c1cccnc1. The maximum atomic E-state index is 12.2. The maximum Gasteiger partial charge on any atom is 0.319 e. The van der Waals surface area contributed by atoms with Crippen LogP contribution in [0.2, 0.25) is 0 Å². The lowest BCUT2D eigenvalue weighted by Crippen LogP contribution is -2.28. The monoisotopic (exact) mass is 596 g/mol. The lowest BCUT2D eigenvalue weighted by molar-refractivity contribution is 0.113. The summed E-state index contributed by atoms with van der Waals surface area (Å²) >= 11 is 0. The van der Waals surface area contributed by atoms with E-state index in [9.17, 15) is 15.0 Å². The Morgan fingerprint density at radius 2 is 1.59 bits per heavy atom. The first kappa shape index (κ1) is 31.1. The van der Waals surface area contributed by atoms with E-state index in [4.69, 9.17) is 4.74 Å². The van der Waals surface area contributed by atoms with Crippen molar-refractivity contribution >= 4 is 11.7 Å². The number of benzene rings is 2. The van der Waals surface area contributed by atoms with E-state index in [0.29, 0.717) is 6.54 Å². The number of nitrogens with one attached hydrogen (secondary N) is 3. The highest BCUT2D eigenvalue weighted by Crippen LogP contribution is 2.33. The quantitative estimate of drug-likeness (QED) is 0.205. The molecule has 0 spiro atoms. The third-order valence-corrected chi connectivity index (χ3v) is 7.94. The zero-order chi connectivity index (χ0) is 30.7. The van der Waals surface area contributed by atoms with Crippen LogP contribution in [0, 0.1) is 0 Å². The zero-order valence-corrected chi connectivity index (χ0v) is 24.8. The number of nitrogens with zero attached hydrogens (tertiary/aromatic N) is 3. The van der Waals surface area contributed by atoms with Crippen LogP contribution < -0.4 is 20.7 Å². The predicted molar refractivity (Wildman–Crippen MR) is 169 cm³/mol. The molecule has 0 radical (unpaired) electrons. The molecular weight excluding hydrogens is 556 g/mol. The molecule has 10 heteroatoms. The fraction of sp³-hybridized carbons (Fsp3) is 0.324. The average molecular weight is 597 g/mol. The summed E-state index contributed by atoms with van der Waals surface area (Å²) in [4.78, 5) is 22.7. The van der Waals surface area contributed by atoms with Gasteiger partial charge in [0.15, 0.2) is 0 Å². The molecule has 2 aromatic heterocycles. The van der Waals surface area contributed by atoms with Crippen LogP contribution in [0.5, 0.6) is 5.75 Å². The van der Waals surface area contributed by atoms with Crippen molar-refractivity contribution < 1.29 is 19.7 Å². The highest BCUT2D eigenvalue weighted by atomic mass is 16.5. The van der Waals surface area contributed by atoms with Crippen molar-refractivity contribution in [1.29, 1.82) is 0 Å². The molecule has 2 aliphatic rings. The molecule has 2 aliphatic heterocycles. The van der Waals surface area contributed by atoms with Crippen LogP contribution in [0.25, 0.3) is 0 Å². The van der Waals surface area contributed by atoms with Gasteiger partial charge in [0, 0.05) is 50.1 Å². The molecule has 4 unspecified atom stereocenters. The van der Waals surface area contributed by atoms with Gasteiger partial charge in [-0.25, -0.2) is 4.79 Å². The van der Waals surface area contributed by atoms with Crippen molar-refractivity contribution in [1.82, 2.24) is 25.5 Å². The molecule has 230 valence electrons. The first-order chi connectivity index (χ1) is 21.5. The number of anilines is 1. The van der Waals surface area contributed by atoms with E-state index < -0.39 is 6.10 Å². The van der Waals surface area contributed by atoms with Crippen molar-refractivity contribution in [3.63, 3.8) is 0 Å². The van der Waals surface area contributed by atoms with E-state index >= 15 is 0 Å². The summed E-state index contributed by atoms with van der Waals surface area (Å²) in [6, 6.07) is 22.9. The Hall–Kier alpha value is -4.35. The van der Waals surface area contributed by atoms with E-state index in [0.717, 1.165) is 66.2 Å². The molecule has 0 aliphatic carbocycles. The molecule has 2 aromatic carbocycles. The Labute approximate surface area is 258 Å². The smallest absolute Gasteiger partial charge is 0.319 e. The average Bonchev–Trinajstić information content (AvgIpc) is 3.66. The first-order valence-electron chi connectivity index (χ1n) is 14.9. The Morgan fingerprint density at radius 3 is 2.20 bits per heavy atom. The number of rotatable bonds is 8. The minimum Gasteiger partial charge on any atom is -0.497 e. The van der Waals surface area contributed by atoms with Gasteiger partial charge in [0.2, 0.25) is 0 Å². The Bertz CT molecular complexity index is 1440. The number of hydrogen-bond acceptors (Lipinski definition) is 8. The standard InChI is InChI=1S/C25H28N4O3.C9H12N2O/c1-32-22-10-6-18(7-11-22)15-27-25(31)28-21-8-4-19(5-9-21)17-29-14-12-23(30)24(29)20-3-2-13-26-16-20;12-8-3-5-11-9(8)7-2-1-4-10-6-7/h2-11,13,16,23-24,30H,12,14-15,17H2,1H3,(H2,27,28,31);1-2,4,6,8-9,11-12H,3,5H2. The number of methoxy groups -OCH3 is 1. The number of aliphatic hydroxyl groups is 2. The number of ether oxygens (including phenoxy) is 1. The summed E-state index contributed by atoms with van der Waals surface area (Å²) in [6.45, 7) is 2.87. The van der Waals surface area contributed by atoms with Crippen LogP contribution in [0.4, 0.5) is 10.5 Å². The van der Waals surface area contributed by atoms with Crippen LogP contribution >= 0.6 is 0 Å². The largest absolute Gasteiger partial charge is 0.497 e. The Kier molecular flexibility index (Phi) is 10.9. The normalized spacial score (nSPS) is 21.2. The Balaban J connectivity index is 0.000000266. The fourth-order valence-corrected chi connectivity index (χ4v) is 5.62. The highest BCUT2D eigenvalue weighted by Gasteiger charge is 2.34. The van der Waals surface area contributed by atoms with Gasteiger partial charge >= 0.3 is 6.03 Å². The number of amides is 2. The number of hydrogen-bond donors (Lipinski definition) is 5. The molecule has 44 heavy (non-hydrogen) atoms. The molecule has 2 saturated heterocycles. The van der Waals surface area contributed by atoms with Crippen molar-refractivity contribution in [3.05, 3.63) is 120 Å². The summed E-state index contributed by atoms with van der Waals surface area (Å²) < 4.78 is 5.14. The van der Waals surface area contributed by atoms with Crippen molar-refractivity contribution in [2.75, 3.05) is 25.5 Å². The summed E-state index contributed by atoms with van der Waals surface area (Å²) in [7, 11) is 1.62. The van der Waals surface area contributed by atoms with E-state index in [2.05, 4.69) is 30.8 Å². The summed E-state index contributed by atoms with van der Waals surface area (Å²) in [6.07, 6.45) is 8.03. The van der Waals surface area contributed by atoms with Gasteiger partial charge in [-0.05, 0) is 78.0 Å². The summed E-state index contributed by atoms with van der Waals surface area (Å²) in [5.74, 6) is 0.786. The molecule has 0 saturated carbocycles. The maximum absolute atomic E-state index is 12.2. The third-order valence-electron chi connectivity index (χ3n) is 7.94. The lowest BCUT2D eigenvalue weighted by atomic mass is 10.0. The summed E-state index contributed by atoms with van der Waals surface area (Å²) in [5.41, 5.74) is 4.95. The van der Waals surface area contributed by atoms with Crippen LogP contribution in [0.15, 0.2) is 97.6 Å². The molecule has 10 nitrogen and oxygen atoms in total. The van der Waals surface area contributed by atoms with Gasteiger partial charge in [-0.1, -0.05) is 36.4 Å². The topological polar surface area (TPSA) is 132 Å². The second kappa shape index (κ2) is 15.4. The number of urea groups is 1. The third kappa shape index (κ3) is 8.39. The molecule has 6 rings (SSSR count). The van der Waals surface area contributed by atoms with Crippen LogP contribution in [0.1, 0.15) is 47.2 Å². The van der Waals surface area contributed by atoms with Gasteiger partial charge in [-0.2, -0.15) is 0 Å². The predicted octanol–water partition coefficient (Wildman–Crippen LogP) is 4.20. The zero-order valence-electron chi connectivity index (χ0n) is 24.8. The number of carbonyl (C=O) groups excluding carboxylic acids is 1. The summed E-state index contributed by atoms with van der Waals surface area (Å²) in [5, 5.41) is 29.0. The van der Waals surface area contributed by atoms with Gasteiger partial charge < -0.3 is 30.9 Å². The van der Waals surface area contributed by atoms with Crippen molar-refractivity contribution in [2.24, 2.45) is 0 Å². The molecule has 2 fully saturated rings.